The average Bonchev–Trinajstić information content (AvgIpc) is 3.39. The van der Waals surface area contributed by atoms with Crippen LogP contribution in [0.3, 0.4) is 0 Å². The number of rotatable bonds is 10. The molecule has 0 spiro atoms. The fraction of sp³-hybridized carbons (Fsp3) is 0.379. The molecule has 2 heterocycles. The van der Waals surface area contributed by atoms with E-state index < -0.39 is 11.7 Å². The van der Waals surface area contributed by atoms with Crippen molar-refractivity contribution >= 4 is 23.2 Å². The van der Waals surface area contributed by atoms with Crippen LogP contribution in [0.1, 0.15) is 52.2 Å². The number of carbonyl (C=O) groups excluding carboxylic acids is 2. The molecule has 0 radical (unpaired) electrons. The van der Waals surface area contributed by atoms with Crippen LogP contribution in [-0.4, -0.2) is 61.6 Å². The van der Waals surface area contributed by atoms with Crippen LogP contribution in [0.25, 0.3) is 0 Å². The minimum absolute atomic E-state index is 0.0603. The number of thiophene rings is 1. The molecule has 1 atom stereocenters. The largest absolute Gasteiger partial charge is 0.491 e. The number of benzene rings is 2. The van der Waals surface area contributed by atoms with Crippen LogP contribution in [0, 0.1) is 5.82 Å². The summed E-state index contributed by atoms with van der Waals surface area (Å²) in [5.74, 6) is -0.174. The van der Waals surface area contributed by atoms with Crippen molar-refractivity contribution in [1.29, 1.82) is 0 Å². The van der Waals surface area contributed by atoms with E-state index in [2.05, 4.69) is 26.0 Å². The third kappa shape index (κ3) is 6.37. The summed E-state index contributed by atoms with van der Waals surface area (Å²) < 4.78 is 25.6. The Kier molecular flexibility index (Phi) is 8.95. The molecule has 6 nitrogen and oxygen atoms in total. The number of methoxy groups -OCH3 is 1. The molecule has 37 heavy (non-hydrogen) atoms. The standard InChI is InChI=1S/C29H33FN2O4S/c1-20(2)21-8-10-22(11-9-21)36-19-26-24-13-17-37-27(24)12-14-32(26)28(33)18-31(15-16-35-3)29(34)23-6-4-5-7-25(23)30/h4-11,13,17,20,26H,12,14-16,18-19H2,1-3H3/t26-/m0/s1. The molecule has 0 N–H and O–H groups in total. The van der Waals surface area contributed by atoms with Gasteiger partial charge in [-0.15, -0.1) is 11.3 Å². The molecule has 1 aliphatic heterocycles. The van der Waals surface area contributed by atoms with Crippen LogP contribution >= 0.6 is 11.3 Å². The fourth-order valence-electron chi connectivity index (χ4n) is 4.51. The van der Waals surface area contributed by atoms with E-state index in [-0.39, 0.29) is 37.2 Å². The highest BCUT2D eigenvalue weighted by molar-refractivity contribution is 7.10. The first kappa shape index (κ1) is 26.8. The first-order chi connectivity index (χ1) is 17.9. The maximum atomic E-state index is 14.3. The van der Waals surface area contributed by atoms with Gasteiger partial charge >= 0.3 is 0 Å². The maximum Gasteiger partial charge on any atom is 0.257 e. The van der Waals surface area contributed by atoms with Crippen LogP contribution in [0.2, 0.25) is 0 Å². The number of fused-ring (bicyclic) bond motifs is 1. The Hall–Kier alpha value is -3.23. The minimum atomic E-state index is -0.613. The van der Waals surface area contributed by atoms with Crippen molar-refractivity contribution in [2.45, 2.75) is 32.2 Å². The van der Waals surface area contributed by atoms with Crippen LogP contribution in [0.5, 0.6) is 5.75 Å². The molecule has 0 fully saturated rings. The smallest absolute Gasteiger partial charge is 0.257 e. The molecule has 4 rings (SSSR count). The summed E-state index contributed by atoms with van der Waals surface area (Å²) in [6.45, 7) is 5.36. The number of hydrogen-bond donors (Lipinski definition) is 0. The van der Waals surface area contributed by atoms with Gasteiger partial charge in [0.25, 0.3) is 5.91 Å². The van der Waals surface area contributed by atoms with E-state index in [0.717, 1.165) is 17.7 Å². The molecule has 1 aliphatic rings. The van der Waals surface area contributed by atoms with Crippen molar-refractivity contribution in [3.63, 3.8) is 0 Å². The highest BCUT2D eigenvalue weighted by Gasteiger charge is 2.34. The molecular formula is C29H33FN2O4S. The quantitative estimate of drug-likeness (QED) is 0.361. The molecule has 8 heteroatoms. The summed E-state index contributed by atoms with van der Waals surface area (Å²) in [6.07, 6.45) is 0.748. The van der Waals surface area contributed by atoms with Gasteiger partial charge in [0.2, 0.25) is 5.91 Å². The SMILES string of the molecule is COCCN(CC(=O)N1CCc2sccc2[C@@H]1COc1ccc(C(C)C)cc1)C(=O)c1ccccc1F. The maximum absolute atomic E-state index is 14.3. The molecule has 0 aliphatic carbocycles. The monoisotopic (exact) mass is 524 g/mol. The molecule has 1 aromatic heterocycles. The lowest BCUT2D eigenvalue weighted by Crippen LogP contribution is -2.48. The lowest BCUT2D eigenvalue weighted by Gasteiger charge is -2.37. The summed E-state index contributed by atoms with van der Waals surface area (Å²) in [5, 5.41) is 2.04. The number of nitrogens with zero attached hydrogens (tertiary/aromatic N) is 2. The molecule has 0 bridgehead atoms. The lowest BCUT2D eigenvalue weighted by atomic mass is 10.00. The number of halogens is 1. The molecule has 3 aromatic rings. The van der Waals surface area contributed by atoms with Gasteiger partial charge in [-0.3, -0.25) is 9.59 Å². The molecule has 2 aromatic carbocycles. The van der Waals surface area contributed by atoms with Gasteiger partial charge in [-0.05, 0) is 59.2 Å². The number of amides is 2. The lowest BCUT2D eigenvalue weighted by molar-refractivity contribution is -0.135. The van der Waals surface area contributed by atoms with Crippen molar-refractivity contribution in [2.75, 3.05) is 40.0 Å². The van der Waals surface area contributed by atoms with Crippen molar-refractivity contribution in [3.8, 4) is 5.75 Å². The van der Waals surface area contributed by atoms with Gasteiger partial charge in [-0.2, -0.15) is 0 Å². The molecule has 2 amide bonds. The second-order valence-corrected chi connectivity index (χ2v) is 10.4. The Morgan fingerprint density at radius 2 is 1.89 bits per heavy atom. The minimum Gasteiger partial charge on any atom is -0.491 e. The van der Waals surface area contributed by atoms with Gasteiger partial charge in [0.15, 0.2) is 0 Å². The molecule has 0 saturated heterocycles. The predicted molar refractivity (Wildman–Crippen MR) is 143 cm³/mol. The third-order valence-electron chi connectivity index (χ3n) is 6.65. The molecule has 0 unspecified atom stereocenters. The van der Waals surface area contributed by atoms with Gasteiger partial charge in [0.05, 0.1) is 18.2 Å². The summed E-state index contributed by atoms with van der Waals surface area (Å²) in [4.78, 5) is 31.1. The van der Waals surface area contributed by atoms with E-state index in [0.29, 0.717) is 19.1 Å². The van der Waals surface area contributed by atoms with Crippen molar-refractivity contribution in [3.05, 3.63) is 87.4 Å². The summed E-state index contributed by atoms with van der Waals surface area (Å²) in [7, 11) is 1.53. The zero-order valence-corrected chi connectivity index (χ0v) is 22.3. The Labute approximate surface area is 221 Å². The van der Waals surface area contributed by atoms with E-state index in [4.69, 9.17) is 9.47 Å². The summed E-state index contributed by atoms with van der Waals surface area (Å²) in [6, 6.07) is 15.6. The highest BCUT2D eigenvalue weighted by Crippen LogP contribution is 2.34. The van der Waals surface area contributed by atoms with Crippen molar-refractivity contribution < 1.29 is 23.5 Å². The van der Waals surface area contributed by atoms with E-state index in [1.165, 1.54) is 40.6 Å². The Bertz CT molecular complexity index is 1210. The van der Waals surface area contributed by atoms with Crippen LogP contribution in [0.4, 0.5) is 4.39 Å². The fourth-order valence-corrected chi connectivity index (χ4v) is 5.44. The van der Waals surface area contributed by atoms with E-state index in [9.17, 15) is 14.0 Å². The highest BCUT2D eigenvalue weighted by atomic mass is 32.1. The van der Waals surface area contributed by atoms with Gasteiger partial charge in [0, 0.05) is 25.1 Å². The van der Waals surface area contributed by atoms with E-state index >= 15 is 0 Å². The molecule has 196 valence electrons. The number of ether oxygens (including phenoxy) is 2. The van der Waals surface area contributed by atoms with E-state index in [1.807, 2.05) is 23.6 Å². The third-order valence-corrected chi connectivity index (χ3v) is 7.65. The molecular weight excluding hydrogens is 491 g/mol. The Morgan fingerprint density at radius 3 is 2.59 bits per heavy atom. The summed E-state index contributed by atoms with van der Waals surface area (Å²) in [5.41, 5.74) is 2.25. The van der Waals surface area contributed by atoms with Crippen LogP contribution in [-0.2, 0) is 16.0 Å². The summed E-state index contributed by atoms with van der Waals surface area (Å²) >= 11 is 1.68. The number of carbonyl (C=O) groups is 2. The predicted octanol–water partition coefficient (Wildman–Crippen LogP) is 5.30. The van der Waals surface area contributed by atoms with Crippen LogP contribution < -0.4 is 4.74 Å². The first-order valence-electron chi connectivity index (χ1n) is 12.5. The van der Waals surface area contributed by atoms with E-state index in [1.54, 1.807) is 22.3 Å². The second-order valence-electron chi connectivity index (χ2n) is 9.39. The zero-order valence-electron chi connectivity index (χ0n) is 21.5. The average molecular weight is 525 g/mol. The Morgan fingerprint density at radius 1 is 1.14 bits per heavy atom. The second kappa shape index (κ2) is 12.3. The van der Waals surface area contributed by atoms with Gasteiger partial charge < -0.3 is 19.3 Å². The van der Waals surface area contributed by atoms with Crippen LogP contribution in [0.15, 0.2) is 60.0 Å². The normalized spacial score (nSPS) is 14.9. The van der Waals surface area contributed by atoms with Crippen molar-refractivity contribution in [2.24, 2.45) is 0 Å². The first-order valence-corrected chi connectivity index (χ1v) is 13.4. The topological polar surface area (TPSA) is 59.1 Å². The van der Waals surface area contributed by atoms with Gasteiger partial charge in [-0.1, -0.05) is 38.1 Å². The van der Waals surface area contributed by atoms with Gasteiger partial charge in [0.1, 0.15) is 24.7 Å². The van der Waals surface area contributed by atoms with Crippen molar-refractivity contribution in [1.82, 2.24) is 9.80 Å². The zero-order chi connectivity index (χ0) is 26.4. The Balaban J connectivity index is 1.51. The number of hydrogen-bond acceptors (Lipinski definition) is 5. The molecule has 0 saturated carbocycles. The van der Waals surface area contributed by atoms with Gasteiger partial charge in [-0.25, -0.2) is 4.39 Å².